The molecule has 1 amide bonds. The second kappa shape index (κ2) is 13.3. The Bertz CT molecular complexity index is 1280. The Hall–Kier alpha value is -2.85. The molecule has 1 aliphatic rings. The maximum absolute atomic E-state index is 12.4. The van der Waals surface area contributed by atoms with Crippen LogP contribution in [0.1, 0.15) is 36.8 Å². The van der Waals surface area contributed by atoms with Crippen LogP contribution in [0, 0.1) is 12.3 Å². The zero-order valence-electron chi connectivity index (χ0n) is 21.2. The summed E-state index contributed by atoms with van der Waals surface area (Å²) in [6, 6.07) is 11.8. The van der Waals surface area contributed by atoms with Crippen molar-refractivity contribution in [1.82, 2.24) is 15.2 Å². The van der Waals surface area contributed by atoms with Gasteiger partial charge >= 0.3 is 0 Å². The second-order valence-electron chi connectivity index (χ2n) is 9.37. The molecule has 38 heavy (non-hydrogen) atoms. The van der Waals surface area contributed by atoms with Crippen LogP contribution in [0.3, 0.4) is 0 Å². The highest BCUT2D eigenvalue weighted by Gasteiger charge is 2.21. The smallest absolute Gasteiger partial charge is 0.220 e. The number of thiazole rings is 1. The van der Waals surface area contributed by atoms with E-state index in [4.69, 9.17) is 39.1 Å². The van der Waals surface area contributed by atoms with E-state index in [1.54, 1.807) is 0 Å². The number of rotatable bonds is 10. The number of guanidine groups is 1. The molecule has 0 spiro atoms. The zero-order chi connectivity index (χ0) is 27.1. The first-order valence-electron chi connectivity index (χ1n) is 12.5. The van der Waals surface area contributed by atoms with Crippen LogP contribution in [-0.4, -0.2) is 47.5 Å². The topological polar surface area (TPSA) is 116 Å². The van der Waals surface area contributed by atoms with Crippen molar-refractivity contribution in [2.75, 3.05) is 25.0 Å². The molecule has 1 aliphatic heterocycles. The van der Waals surface area contributed by atoms with Gasteiger partial charge in [-0.1, -0.05) is 29.3 Å². The fourth-order valence-electron chi connectivity index (χ4n) is 4.44. The maximum Gasteiger partial charge on any atom is 0.220 e. The monoisotopic (exact) mass is 574 g/mol. The van der Waals surface area contributed by atoms with Gasteiger partial charge in [0, 0.05) is 43.0 Å². The number of hydrogen-bond donors (Lipinski definition) is 4. The molecular formula is C27H32Cl2N6O2S. The van der Waals surface area contributed by atoms with Crippen molar-refractivity contribution in [1.29, 1.82) is 5.41 Å². The van der Waals surface area contributed by atoms with Gasteiger partial charge in [0.25, 0.3) is 0 Å². The number of nitrogens with zero attached hydrogens (tertiary/aromatic N) is 2. The number of benzene rings is 2. The molecule has 0 bridgehead atoms. The minimum absolute atomic E-state index is 0.0709. The van der Waals surface area contributed by atoms with Gasteiger partial charge in [-0.25, -0.2) is 4.98 Å². The van der Waals surface area contributed by atoms with E-state index in [1.165, 1.54) is 11.3 Å². The van der Waals surface area contributed by atoms with Crippen LogP contribution >= 0.6 is 34.5 Å². The van der Waals surface area contributed by atoms with E-state index >= 15 is 0 Å². The largest absolute Gasteiger partial charge is 0.494 e. The van der Waals surface area contributed by atoms with Crippen molar-refractivity contribution in [3.63, 3.8) is 0 Å². The minimum atomic E-state index is -0.137. The molecule has 2 aromatic carbocycles. The number of hydrogen-bond acceptors (Lipinski definition) is 6. The van der Waals surface area contributed by atoms with Crippen molar-refractivity contribution in [3.8, 4) is 17.0 Å². The van der Waals surface area contributed by atoms with E-state index in [1.807, 2.05) is 48.7 Å². The Morgan fingerprint density at radius 1 is 1.21 bits per heavy atom. The lowest BCUT2D eigenvalue weighted by atomic mass is 10.0. The molecule has 2 heterocycles. The van der Waals surface area contributed by atoms with Crippen LogP contribution in [-0.2, 0) is 11.3 Å². The van der Waals surface area contributed by atoms with Crippen molar-refractivity contribution in [2.45, 2.75) is 45.2 Å². The van der Waals surface area contributed by atoms with Crippen molar-refractivity contribution >= 4 is 51.5 Å². The Balaban J connectivity index is 1.14. The van der Waals surface area contributed by atoms with E-state index in [2.05, 4.69) is 20.5 Å². The summed E-state index contributed by atoms with van der Waals surface area (Å²) in [5, 5.41) is 16.9. The second-order valence-corrected chi connectivity index (χ2v) is 11.0. The molecule has 5 N–H and O–H groups in total. The van der Waals surface area contributed by atoms with Crippen LogP contribution in [0.2, 0.25) is 10.0 Å². The summed E-state index contributed by atoms with van der Waals surface area (Å²) in [7, 11) is 0. The van der Waals surface area contributed by atoms with Crippen molar-refractivity contribution in [2.24, 2.45) is 5.73 Å². The van der Waals surface area contributed by atoms with Gasteiger partial charge in [0.1, 0.15) is 5.75 Å². The SMILES string of the molecule is Cc1cc(OCCCC(=O)NC2CCN(Cc3ccc(Cl)c(Cl)c3)CC2)ccc1-c1csc(NC(=N)N)n1. The number of aromatic nitrogens is 1. The average molecular weight is 576 g/mol. The van der Waals surface area contributed by atoms with Crippen LogP contribution in [0.15, 0.2) is 41.8 Å². The zero-order valence-corrected chi connectivity index (χ0v) is 23.6. The third kappa shape index (κ3) is 8.07. The van der Waals surface area contributed by atoms with Crippen LogP contribution < -0.4 is 21.1 Å². The number of nitrogens with two attached hydrogens (primary N) is 1. The van der Waals surface area contributed by atoms with Crippen LogP contribution in [0.5, 0.6) is 5.75 Å². The Morgan fingerprint density at radius 2 is 2.00 bits per heavy atom. The number of carbonyl (C=O) groups is 1. The molecule has 0 saturated carbocycles. The fraction of sp³-hybridized carbons (Fsp3) is 0.370. The van der Waals surface area contributed by atoms with E-state index in [0.717, 1.165) is 60.6 Å². The molecule has 3 aromatic rings. The van der Waals surface area contributed by atoms with E-state index in [9.17, 15) is 4.79 Å². The summed E-state index contributed by atoms with van der Waals surface area (Å²) in [4.78, 5) is 19.3. The molecule has 11 heteroatoms. The number of carbonyl (C=O) groups excluding carboxylic acids is 1. The Labute approximate surface area is 237 Å². The first-order chi connectivity index (χ1) is 18.3. The summed E-state index contributed by atoms with van der Waals surface area (Å²) in [5.41, 5.74) is 9.36. The predicted molar refractivity (Wildman–Crippen MR) is 155 cm³/mol. The normalized spacial score (nSPS) is 14.3. The third-order valence-corrected chi connectivity index (χ3v) is 7.88. The number of piperidine rings is 1. The lowest BCUT2D eigenvalue weighted by Crippen LogP contribution is -2.44. The molecule has 202 valence electrons. The Morgan fingerprint density at radius 3 is 2.71 bits per heavy atom. The molecule has 8 nitrogen and oxygen atoms in total. The summed E-state index contributed by atoms with van der Waals surface area (Å²) in [6.45, 7) is 5.16. The van der Waals surface area contributed by atoms with Crippen LogP contribution in [0.25, 0.3) is 11.3 Å². The molecule has 0 aliphatic carbocycles. The lowest BCUT2D eigenvalue weighted by Gasteiger charge is -2.32. The van der Waals surface area contributed by atoms with Gasteiger partial charge in [-0.3, -0.25) is 15.1 Å². The van der Waals surface area contributed by atoms with Gasteiger partial charge in [0.2, 0.25) is 5.91 Å². The lowest BCUT2D eigenvalue weighted by molar-refractivity contribution is -0.122. The molecule has 4 rings (SSSR count). The average Bonchev–Trinajstić information content (AvgIpc) is 3.33. The summed E-state index contributed by atoms with van der Waals surface area (Å²) in [5.74, 6) is 0.696. The van der Waals surface area contributed by atoms with Gasteiger partial charge < -0.3 is 21.1 Å². The highest BCUT2D eigenvalue weighted by Crippen LogP contribution is 2.30. The number of aryl methyl sites for hydroxylation is 1. The van der Waals surface area contributed by atoms with E-state index in [0.29, 0.717) is 34.6 Å². The van der Waals surface area contributed by atoms with E-state index in [-0.39, 0.29) is 17.9 Å². The van der Waals surface area contributed by atoms with Crippen molar-refractivity contribution < 1.29 is 9.53 Å². The molecule has 0 radical (unpaired) electrons. The Kier molecular flexibility index (Phi) is 9.85. The van der Waals surface area contributed by atoms with Gasteiger partial charge in [0.15, 0.2) is 11.1 Å². The molecule has 1 saturated heterocycles. The molecular weight excluding hydrogens is 543 g/mol. The highest BCUT2D eigenvalue weighted by molar-refractivity contribution is 7.14. The quantitative estimate of drug-likeness (QED) is 0.141. The highest BCUT2D eigenvalue weighted by atomic mass is 35.5. The maximum atomic E-state index is 12.4. The summed E-state index contributed by atoms with van der Waals surface area (Å²) < 4.78 is 5.88. The van der Waals surface area contributed by atoms with Gasteiger partial charge in [-0.15, -0.1) is 11.3 Å². The minimum Gasteiger partial charge on any atom is -0.494 e. The molecule has 0 unspecified atom stereocenters. The predicted octanol–water partition coefficient (Wildman–Crippen LogP) is 5.67. The van der Waals surface area contributed by atoms with Crippen molar-refractivity contribution in [3.05, 3.63) is 63.0 Å². The standard InChI is InChI=1S/C27H32Cl2N6O2S/c1-17-13-20(5-6-21(17)24-16-38-27(33-24)34-26(30)31)37-12-2-3-25(36)32-19-8-10-35(11-9-19)15-18-4-7-22(28)23(29)14-18/h4-7,13-14,16,19H,2-3,8-12,15H2,1H3,(H,32,36)(H4,30,31,33,34). The molecule has 1 aromatic heterocycles. The number of halogens is 2. The summed E-state index contributed by atoms with van der Waals surface area (Å²) in [6.07, 6.45) is 2.95. The van der Waals surface area contributed by atoms with E-state index < -0.39 is 0 Å². The van der Waals surface area contributed by atoms with Gasteiger partial charge in [-0.05, 0) is 67.6 Å². The number of anilines is 1. The first kappa shape index (κ1) is 28.2. The number of likely N-dealkylation sites (tertiary alicyclic amines) is 1. The van der Waals surface area contributed by atoms with Gasteiger partial charge in [0.05, 0.1) is 22.3 Å². The number of nitrogens with one attached hydrogen (secondary N) is 3. The third-order valence-electron chi connectivity index (χ3n) is 6.38. The molecule has 1 fully saturated rings. The first-order valence-corrected chi connectivity index (χ1v) is 14.2. The van der Waals surface area contributed by atoms with Crippen LogP contribution in [0.4, 0.5) is 5.13 Å². The molecule has 0 atom stereocenters. The fourth-order valence-corrected chi connectivity index (χ4v) is 5.48. The summed E-state index contributed by atoms with van der Waals surface area (Å²) >= 11 is 13.5. The number of amides is 1. The number of ether oxygens (including phenoxy) is 1. The van der Waals surface area contributed by atoms with Gasteiger partial charge in [-0.2, -0.15) is 0 Å².